The van der Waals surface area contributed by atoms with Crippen molar-refractivity contribution in [2.75, 3.05) is 10.6 Å². The minimum Gasteiger partial charge on any atom is -0.443 e. The number of anilines is 3. The van der Waals surface area contributed by atoms with E-state index in [0.717, 1.165) is 5.56 Å². The summed E-state index contributed by atoms with van der Waals surface area (Å²) in [6, 6.07) is 12.4. The fourth-order valence-electron chi connectivity index (χ4n) is 3.31. The second-order valence-corrected chi connectivity index (χ2v) is 11.1. The minimum absolute atomic E-state index is 0.320. The number of amides is 1. The molecule has 0 saturated heterocycles. The van der Waals surface area contributed by atoms with Crippen LogP contribution in [0.25, 0.3) is 21.5 Å². The number of hydrogen-bond donors (Lipinski definition) is 1. The van der Waals surface area contributed by atoms with Crippen molar-refractivity contribution in [3.8, 4) is 10.6 Å². The first-order chi connectivity index (χ1) is 16.8. The minimum atomic E-state index is -0.734. The average molecular weight is 509 g/mol. The number of fused-ring (bicyclic) bond motifs is 1. The van der Waals surface area contributed by atoms with E-state index in [1.165, 1.54) is 27.1 Å². The van der Waals surface area contributed by atoms with Gasteiger partial charge in [0, 0.05) is 16.6 Å². The highest BCUT2D eigenvalue weighted by atomic mass is 32.1. The predicted molar refractivity (Wildman–Crippen MR) is 139 cm³/mol. The summed E-state index contributed by atoms with van der Waals surface area (Å²) in [6.07, 6.45) is 0.329. The topological polar surface area (TPSA) is 125 Å². The van der Waals surface area contributed by atoms with Crippen molar-refractivity contribution >= 4 is 50.9 Å². The smallest absolute Gasteiger partial charge is 0.435 e. The highest BCUT2D eigenvalue weighted by molar-refractivity contribution is 7.18. The van der Waals surface area contributed by atoms with Gasteiger partial charge in [0.05, 0.1) is 17.4 Å². The maximum absolute atomic E-state index is 13.3. The molecule has 0 bridgehead atoms. The Labute approximate surface area is 212 Å². The normalized spacial score (nSPS) is 11.9. The SMILES string of the molecule is CC(C)(C)OC(=O)N(c1ccc2c(cnn2C(=O)OC(C)(C)C)c1)c1nnc(-c2cccc(N)c2)s1. The Morgan fingerprint density at radius 2 is 1.69 bits per heavy atom. The molecule has 0 spiro atoms. The van der Waals surface area contributed by atoms with Crippen LogP contribution in [0.3, 0.4) is 0 Å². The third kappa shape index (κ3) is 5.62. The summed E-state index contributed by atoms with van der Waals surface area (Å²) in [4.78, 5) is 27.2. The van der Waals surface area contributed by atoms with Gasteiger partial charge in [-0.2, -0.15) is 9.78 Å². The summed E-state index contributed by atoms with van der Waals surface area (Å²) in [5, 5.41) is 14.3. The molecule has 0 aliphatic rings. The van der Waals surface area contributed by atoms with Crippen molar-refractivity contribution in [3.63, 3.8) is 0 Å². The van der Waals surface area contributed by atoms with Crippen LogP contribution in [0.5, 0.6) is 0 Å². The Morgan fingerprint density at radius 3 is 2.36 bits per heavy atom. The Bertz CT molecular complexity index is 1430. The Hall–Kier alpha value is -3.99. The lowest BCUT2D eigenvalue weighted by Gasteiger charge is -2.25. The summed E-state index contributed by atoms with van der Waals surface area (Å²) in [5.74, 6) is 0. The van der Waals surface area contributed by atoms with Gasteiger partial charge >= 0.3 is 12.2 Å². The fraction of sp³-hybridized carbons (Fsp3) is 0.320. The van der Waals surface area contributed by atoms with Gasteiger partial charge in [0.1, 0.15) is 16.2 Å². The summed E-state index contributed by atoms with van der Waals surface area (Å²) >= 11 is 1.23. The van der Waals surface area contributed by atoms with Crippen LogP contribution in [-0.4, -0.2) is 43.4 Å². The molecule has 4 rings (SSSR count). The van der Waals surface area contributed by atoms with Crippen molar-refractivity contribution in [3.05, 3.63) is 48.7 Å². The molecular formula is C25H28N6O4S. The lowest BCUT2D eigenvalue weighted by molar-refractivity contribution is 0.0521. The molecule has 0 aliphatic carbocycles. The number of nitrogens with two attached hydrogens (primary N) is 1. The molecule has 10 nitrogen and oxygen atoms in total. The fourth-order valence-corrected chi connectivity index (χ4v) is 4.16. The van der Waals surface area contributed by atoms with Crippen LogP contribution >= 0.6 is 11.3 Å². The molecule has 1 amide bonds. The van der Waals surface area contributed by atoms with Crippen molar-refractivity contribution < 1.29 is 19.1 Å². The zero-order valence-corrected chi connectivity index (χ0v) is 21.8. The van der Waals surface area contributed by atoms with Gasteiger partial charge in [0.25, 0.3) is 0 Å². The summed E-state index contributed by atoms with van der Waals surface area (Å²) in [7, 11) is 0. The molecule has 0 atom stereocenters. The van der Waals surface area contributed by atoms with E-state index in [1.807, 2.05) is 12.1 Å². The highest BCUT2D eigenvalue weighted by Crippen LogP contribution is 2.36. The van der Waals surface area contributed by atoms with Gasteiger partial charge in [-0.25, -0.2) is 14.5 Å². The molecule has 0 unspecified atom stereocenters. The van der Waals surface area contributed by atoms with E-state index in [2.05, 4.69) is 15.3 Å². The van der Waals surface area contributed by atoms with E-state index in [4.69, 9.17) is 15.2 Å². The number of nitrogen functional groups attached to an aromatic ring is 1. The molecule has 0 saturated carbocycles. The van der Waals surface area contributed by atoms with Crippen LogP contribution in [0, 0.1) is 0 Å². The van der Waals surface area contributed by atoms with E-state index in [1.54, 1.807) is 71.9 Å². The maximum Gasteiger partial charge on any atom is 0.435 e. The molecule has 188 valence electrons. The van der Waals surface area contributed by atoms with Gasteiger partial charge in [-0.05, 0) is 71.9 Å². The summed E-state index contributed by atoms with van der Waals surface area (Å²) in [6.45, 7) is 10.7. The number of nitrogens with zero attached hydrogens (tertiary/aromatic N) is 5. The van der Waals surface area contributed by atoms with Crippen LogP contribution in [0.15, 0.2) is 48.7 Å². The molecule has 36 heavy (non-hydrogen) atoms. The lowest BCUT2D eigenvalue weighted by atomic mass is 10.2. The van der Waals surface area contributed by atoms with E-state index >= 15 is 0 Å². The summed E-state index contributed by atoms with van der Waals surface area (Å²) < 4.78 is 12.3. The molecule has 4 aromatic rings. The van der Waals surface area contributed by atoms with Crippen molar-refractivity contribution in [2.24, 2.45) is 0 Å². The second kappa shape index (κ2) is 9.23. The van der Waals surface area contributed by atoms with Crippen LogP contribution in [0.1, 0.15) is 41.5 Å². The van der Waals surface area contributed by atoms with Gasteiger partial charge in [-0.3, -0.25) is 0 Å². The average Bonchev–Trinajstić information content (AvgIpc) is 3.38. The van der Waals surface area contributed by atoms with Gasteiger partial charge in [0.2, 0.25) is 5.13 Å². The van der Waals surface area contributed by atoms with Crippen molar-refractivity contribution in [1.82, 2.24) is 20.0 Å². The van der Waals surface area contributed by atoms with Gasteiger partial charge < -0.3 is 15.2 Å². The van der Waals surface area contributed by atoms with Crippen LogP contribution in [0.4, 0.5) is 26.1 Å². The third-order valence-electron chi connectivity index (χ3n) is 4.69. The second-order valence-electron chi connectivity index (χ2n) is 10.1. The summed E-state index contributed by atoms with van der Waals surface area (Å²) in [5.41, 5.74) is 6.92. The molecule has 0 aliphatic heterocycles. The quantitative estimate of drug-likeness (QED) is 0.334. The van der Waals surface area contributed by atoms with Crippen molar-refractivity contribution in [1.29, 1.82) is 0 Å². The first-order valence-corrected chi connectivity index (χ1v) is 12.1. The van der Waals surface area contributed by atoms with Crippen molar-refractivity contribution in [2.45, 2.75) is 52.7 Å². The van der Waals surface area contributed by atoms with E-state index in [9.17, 15) is 9.59 Å². The number of hydrogen-bond acceptors (Lipinski definition) is 9. The molecular weight excluding hydrogens is 480 g/mol. The van der Waals surface area contributed by atoms with E-state index in [-0.39, 0.29) is 0 Å². The third-order valence-corrected chi connectivity index (χ3v) is 5.65. The predicted octanol–water partition coefficient (Wildman–Crippen LogP) is 5.99. The Morgan fingerprint density at radius 1 is 0.972 bits per heavy atom. The number of benzene rings is 2. The molecule has 2 aromatic carbocycles. The highest BCUT2D eigenvalue weighted by Gasteiger charge is 2.29. The Balaban J connectivity index is 1.74. The molecule has 2 N–H and O–H groups in total. The van der Waals surface area contributed by atoms with Crippen LogP contribution in [0.2, 0.25) is 0 Å². The Kier molecular flexibility index (Phi) is 6.44. The molecule has 2 heterocycles. The first-order valence-electron chi connectivity index (χ1n) is 11.2. The number of ether oxygens (including phenoxy) is 2. The largest absolute Gasteiger partial charge is 0.443 e. The molecule has 0 fully saturated rings. The van der Waals surface area contributed by atoms with Gasteiger partial charge in [0.15, 0.2) is 0 Å². The molecule has 0 radical (unpaired) electrons. The number of carbonyl (C=O) groups is 2. The van der Waals surface area contributed by atoms with Crippen LogP contribution < -0.4 is 10.6 Å². The zero-order valence-electron chi connectivity index (χ0n) is 21.0. The lowest BCUT2D eigenvalue weighted by Crippen LogP contribution is -2.33. The number of rotatable bonds is 3. The zero-order chi connectivity index (χ0) is 26.3. The van der Waals surface area contributed by atoms with Crippen LogP contribution in [-0.2, 0) is 9.47 Å². The molecule has 11 heteroatoms. The number of aromatic nitrogens is 4. The van der Waals surface area contributed by atoms with E-state index < -0.39 is 23.4 Å². The molecule has 2 aromatic heterocycles. The number of carbonyl (C=O) groups excluding carboxylic acids is 2. The van der Waals surface area contributed by atoms with E-state index in [0.29, 0.717) is 32.4 Å². The monoisotopic (exact) mass is 508 g/mol. The maximum atomic E-state index is 13.3. The standard InChI is InChI=1S/C25H28N6O4S/c1-24(2,3)34-22(32)30(21-29-28-20(36-21)15-8-7-9-17(26)12-15)18-10-11-19-16(13-18)14-27-31(19)23(33)35-25(4,5)6/h7-14H,26H2,1-6H3. The first kappa shape index (κ1) is 25.1. The van der Waals surface area contributed by atoms with Gasteiger partial charge in [-0.15, -0.1) is 10.2 Å². The van der Waals surface area contributed by atoms with Gasteiger partial charge in [-0.1, -0.05) is 23.5 Å².